The lowest BCUT2D eigenvalue weighted by Gasteiger charge is -2.22. The number of hydrogen-bond acceptors (Lipinski definition) is 5. The van der Waals surface area contributed by atoms with E-state index in [0.717, 1.165) is 19.2 Å². The maximum atomic E-state index is 12.7. The lowest BCUT2D eigenvalue weighted by atomic mass is 10.1. The summed E-state index contributed by atoms with van der Waals surface area (Å²) < 4.78 is 47.8. The molecule has 0 spiro atoms. The summed E-state index contributed by atoms with van der Waals surface area (Å²) in [5.41, 5.74) is -1.55. The molecule has 0 radical (unpaired) electrons. The molecule has 0 fully saturated rings. The van der Waals surface area contributed by atoms with Crippen LogP contribution in [0.15, 0.2) is 24.3 Å². The van der Waals surface area contributed by atoms with Gasteiger partial charge in [0.1, 0.15) is 11.6 Å². The molecule has 0 saturated carbocycles. The smallest absolute Gasteiger partial charge is 0.416 e. The Bertz CT molecular complexity index is 695. The van der Waals surface area contributed by atoms with Crippen molar-refractivity contribution in [3.8, 4) is 0 Å². The van der Waals surface area contributed by atoms with Crippen molar-refractivity contribution in [3.05, 3.63) is 35.4 Å². The highest BCUT2D eigenvalue weighted by Crippen LogP contribution is 2.29. The van der Waals surface area contributed by atoms with Crippen LogP contribution in [-0.4, -0.2) is 36.6 Å². The van der Waals surface area contributed by atoms with Gasteiger partial charge in [-0.2, -0.15) is 13.2 Å². The molecule has 0 aliphatic heterocycles. The first-order valence-corrected chi connectivity index (χ1v) is 8.07. The van der Waals surface area contributed by atoms with Crippen molar-refractivity contribution in [1.82, 2.24) is 5.32 Å². The molecule has 9 heteroatoms. The fourth-order valence-corrected chi connectivity index (χ4v) is 2.17. The van der Waals surface area contributed by atoms with Gasteiger partial charge in [0.25, 0.3) is 0 Å². The van der Waals surface area contributed by atoms with Gasteiger partial charge in [-0.15, -0.1) is 0 Å². The third-order valence-corrected chi connectivity index (χ3v) is 3.23. The van der Waals surface area contributed by atoms with Gasteiger partial charge in [0.2, 0.25) is 5.91 Å². The first-order chi connectivity index (χ1) is 12.3. The molecule has 0 aliphatic carbocycles. The number of methoxy groups -OCH3 is 1. The molecule has 0 unspecified atom stereocenters. The van der Waals surface area contributed by atoms with Gasteiger partial charge >= 0.3 is 18.1 Å². The molecular formula is C18H22F3NO5. The summed E-state index contributed by atoms with van der Waals surface area (Å²) in [4.78, 5) is 35.8. The largest absolute Gasteiger partial charge is 0.467 e. The number of ether oxygens (including phenoxy) is 2. The topological polar surface area (TPSA) is 81.7 Å². The maximum absolute atomic E-state index is 12.7. The Morgan fingerprint density at radius 1 is 1.15 bits per heavy atom. The maximum Gasteiger partial charge on any atom is 0.416 e. The standard InChI is InChI=1S/C18H22F3NO5/c1-17(2,3)27-15(24)10-13(16(25)26-4)22-14(23)9-11-6-5-7-12(8-11)18(19,20)21/h5-8,13H,9-10H2,1-4H3,(H,22,23)/t13-/m1/s1. The molecule has 0 aliphatic rings. The average Bonchev–Trinajstić information content (AvgIpc) is 2.51. The van der Waals surface area contributed by atoms with Crippen molar-refractivity contribution in [2.75, 3.05) is 7.11 Å². The molecule has 1 aromatic carbocycles. The Morgan fingerprint density at radius 2 is 1.78 bits per heavy atom. The van der Waals surface area contributed by atoms with E-state index in [9.17, 15) is 27.6 Å². The number of nitrogens with one attached hydrogen (secondary N) is 1. The molecule has 1 rings (SSSR count). The van der Waals surface area contributed by atoms with Crippen molar-refractivity contribution in [1.29, 1.82) is 0 Å². The SMILES string of the molecule is COC(=O)[C@@H](CC(=O)OC(C)(C)C)NC(=O)Cc1cccc(C(F)(F)F)c1. The molecule has 0 aromatic heterocycles. The van der Waals surface area contributed by atoms with Crippen LogP contribution in [0.3, 0.4) is 0 Å². The van der Waals surface area contributed by atoms with Crippen molar-refractivity contribution >= 4 is 17.8 Å². The van der Waals surface area contributed by atoms with Crippen LogP contribution in [0.4, 0.5) is 13.2 Å². The van der Waals surface area contributed by atoms with Gasteiger partial charge < -0.3 is 14.8 Å². The van der Waals surface area contributed by atoms with Crippen LogP contribution in [0, 0.1) is 0 Å². The van der Waals surface area contributed by atoms with Crippen LogP contribution < -0.4 is 5.32 Å². The lowest BCUT2D eigenvalue weighted by molar-refractivity contribution is -0.159. The fourth-order valence-electron chi connectivity index (χ4n) is 2.17. The highest BCUT2D eigenvalue weighted by molar-refractivity contribution is 5.88. The highest BCUT2D eigenvalue weighted by Gasteiger charge is 2.31. The van der Waals surface area contributed by atoms with Crippen molar-refractivity contribution in [2.45, 2.75) is 51.4 Å². The summed E-state index contributed by atoms with van der Waals surface area (Å²) in [5.74, 6) is -2.32. The summed E-state index contributed by atoms with van der Waals surface area (Å²) in [5, 5.41) is 2.30. The van der Waals surface area contributed by atoms with Crippen LogP contribution in [-0.2, 0) is 36.5 Å². The summed E-state index contributed by atoms with van der Waals surface area (Å²) in [7, 11) is 1.09. The molecule has 27 heavy (non-hydrogen) atoms. The van der Waals surface area contributed by atoms with Crippen molar-refractivity contribution in [3.63, 3.8) is 0 Å². The number of carbonyl (C=O) groups is 3. The molecule has 1 amide bonds. The lowest BCUT2D eigenvalue weighted by Crippen LogP contribution is -2.44. The van der Waals surface area contributed by atoms with E-state index in [1.807, 2.05) is 0 Å². The first-order valence-electron chi connectivity index (χ1n) is 8.07. The summed E-state index contributed by atoms with van der Waals surface area (Å²) >= 11 is 0. The predicted octanol–water partition coefficient (Wildman–Crippen LogP) is 2.64. The number of hydrogen-bond donors (Lipinski definition) is 1. The van der Waals surface area contributed by atoms with Gasteiger partial charge in [-0.05, 0) is 32.4 Å². The number of halogens is 3. The van der Waals surface area contributed by atoms with Crippen molar-refractivity contribution in [2.24, 2.45) is 0 Å². The molecule has 0 saturated heterocycles. The summed E-state index contributed by atoms with van der Waals surface area (Å²) in [6.45, 7) is 4.93. The zero-order valence-electron chi connectivity index (χ0n) is 15.5. The van der Waals surface area contributed by atoms with E-state index in [0.29, 0.717) is 0 Å². The Kier molecular flexibility index (Phi) is 7.38. The Labute approximate surface area is 155 Å². The van der Waals surface area contributed by atoms with Crippen LogP contribution in [0.1, 0.15) is 38.3 Å². The van der Waals surface area contributed by atoms with Gasteiger partial charge in [0.05, 0.1) is 25.5 Å². The van der Waals surface area contributed by atoms with E-state index in [1.54, 1.807) is 20.8 Å². The Hall–Kier alpha value is -2.58. The number of alkyl halides is 3. The van der Waals surface area contributed by atoms with E-state index < -0.39 is 54.1 Å². The van der Waals surface area contributed by atoms with Gasteiger partial charge in [0, 0.05) is 0 Å². The molecule has 6 nitrogen and oxygen atoms in total. The minimum Gasteiger partial charge on any atom is -0.467 e. The Balaban J connectivity index is 2.80. The van der Waals surface area contributed by atoms with E-state index in [1.165, 1.54) is 12.1 Å². The highest BCUT2D eigenvalue weighted by atomic mass is 19.4. The summed E-state index contributed by atoms with van der Waals surface area (Å²) in [6.07, 6.45) is -5.39. The number of esters is 2. The zero-order chi connectivity index (χ0) is 20.8. The first kappa shape index (κ1) is 22.5. The molecule has 150 valence electrons. The zero-order valence-corrected chi connectivity index (χ0v) is 15.5. The van der Waals surface area contributed by atoms with E-state index in [4.69, 9.17) is 4.74 Å². The number of carbonyl (C=O) groups excluding carboxylic acids is 3. The molecular weight excluding hydrogens is 367 g/mol. The molecule has 0 heterocycles. The monoisotopic (exact) mass is 389 g/mol. The fraction of sp³-hybridized carbons (Fsp3) is 0.500. The summed E-state index contributed by atoms with van der Waals surface area (Å²) in [6, 6.07) is 2.98. The third-order valence-electron chi connectivity index (χ3n) is 3.23. The molecule has 1 N–H and O–H groups in total. The molecule has 1 atom stereocenters. The second-order valence-corrected chi connectivity index (χ2v) is 6.81. The number of rotatable bonds is 6. The normalized spacial score (nSPS) is 12.9. The Morgan fingerprint density at radius 3 is 2.30 bits per heavy atom. The van der Waals surface area contributed by atoms with Crippen LogP contribution in [0.25, 0.3) is 0 Å². The second-order valence-electron chi connectivity index (χ2n) is 6.81. The third kappa shape index (κ3) is 8.10. The molecule has 1 aromatic rings. The quantitative estimate of drug-likeness (QED) is 0.757. The average molecular weight is 389 g/mol. The van der Waals surface area contributed by atoms with Gasteiger partial charge in [-0.25, -0.2) is 4.79 Å². The minimum atomic E-state index is -4.53. The minimum absolute atomic E-state index is 0.114. The number of amides is 1. The van der Waals surface area contributed by atoms with E-state index in [-0.39, 0.29) is 5.56 Å². The predicted molar refractivity (Wildman–Crippen MR) is 89.6 cm³/mol. The number of benzene rings is 1. The van der Waals surface area contributed by atoms with Crippen molar-refractivity contribution < 1.29 is 37.0 Å². The van der Waals surface area contributed by atoms with Gasteiger partial charge in [-0.1, -0.05) is 18.2 Å². The van der Waals surface area contributed by atoms with Crippen LogP contribution >= 0.6 is 0 Å². The molecule has 0 bridgehead atoms. The van der Waals surface area contributed by atoms with E-state index >= 15 is 0 Å². The second kappa shape index (κ2) is 8.88. The van der Waals surface area contributed by atoms with Crippen LogP contribution in [0.2, 0.25) is 0 Å². The van der Waals surface area contributed by atoms with Crippen LogP contribution in [0.5, 0.6) is 0 Å². The van der Waals surface area contributed by atoms with Gasteiger partial charge in [0.15, 0.2) is 0 Å². The van der Waals surface area contributed by atoms with Gasteiger partial charge in [-0.3, -0.25) is 9.59 Å². The van der Waals surface area contributed by atoms with E-state index in [2.05, 4.69) is 10.1 Å².